The fourth-order valence-corrected chi connectivity index (χ4v) is 6.68. The molecule has 0 aromatic rings. The van der Waals surface area contributed by atoms with Crippen molar-refractivity contribution in [2.45, 2.75) is 63.1 Å². The molecule has 0 unspecified atom stereocenters. The minimum absolute atomic E-state index is 0.0823. The highest BCUT2D eigenvalue weighted by atomic mass is 32.2. The van der Waals surface area contributed by atoms with Gasteiger partial charge in [-0.15, -0.1) is 0 Å². The van der Waals surface area contributed by atoms with Crippen molar-refractivity contribution in [2.24, 2.45) is 0 Å². The molecule has 0 radical (unpaired) electrons. The fourth-order valence-electron chi connectivity index (χ4n) is 4.97. The molecule has 29 heavy (non-hydrogen) atoms. The van der Waals surface area contributed by atoms with E-state index in [1.165, 1.54) is 0 Å². The van der Waals surface area contributed by atoms with Crippen LogP contribution in [0.5, 0.6) is 0 Å². The summed E-state index contributed by atoms with van der Waals surface area (Å²) in [5, 5.41) is 3.02. The highest BCUT2D eigenvalue weighted by molar-refractivity contribution is 7.91. The molecule has 2 aliphatic carbocycles. The third-order valence-corrected chi connectivity index (χ3v) is 8.49. The van der Waals surface area contributed by atoms with E-state index in [1.54, 1.807) is 0 Å². The molecule has 9 heteroatoms. The molecule has 4 fully saturated rings. The summed E-state index contributed by atoms with van der Waals surface area (Å²) in [5.74, 6) is 0.514. The number of carbonyl (C=O) groups excluding carboxylic acids is 2. The van der Waals surface area contributed by atoms with Gasteiger partial charge in [0.25, 0.3) is 0 Å². The van der Waals surface area contributed by atoms with Crippen LogP contribution in [0.25, 0.3) is 0 Å². The maximum Gasteiger partial charge on any atom is 0.237 e. The average molecular weight is 427 g/mol. The largest absolute Gasteiger partial charge is 0.352 e. The molecular formula is C20H34N4O4S. The van der Waals surface area contributed by atoms with E-state index in [9.17, 15) is 18.0 Å². The molecule has 8 nitrogen and oxygen atoms in total. The third-order valence-electron chi connectivity index (χ3n) is 6.74. The van der Waals surface area contributed by atoms with Gasteiger partial charge >= 0.3 is 0 Å². The van der Waals surface area contributed by atoms with Crippen LogP contribution < -0.4 is 5.32 Å². The maximum atomic E-state index is 13.2. The molecule has 0 spiro atoms. The number of nitrogens with zero attached hydrogens (tertiary/aromatic N) is 3. The van der Waals surface area contributed by atoms with Crippen molar-refractivity contribution >= 4 is 21.7 Å². The third kappa shape index (κ3) is 5.70. The van der Waals surface area contributed by atoms with Crippen molar-refractivity contribution in [1.82, 2.24) is 20.0 Å². The van der Waals surface area contributed by atoms with E-state index >= 15 is 0 Å². The van der Waals surface area contributed by atoms with Crippen molar-refractivity contribution in [3.8, 4) is 0 Å². The van der Waals surface area contributed by atoms with Crippen LogP contribution >= 0.6 is 0 Å². The molecule has 2 aliphatic heterocycles. The lowest BCUT2D eigenvalue weighted by atomic mass is 10.1. The van der Waals surface area contributed by atoms with Crippen LogP contribution in [0.1, 0.15) is 44.9 Å². The van der Waals surface area contributed by atoms with Crippen molar-refractivity contribution in [3.05, 3.63) is 0 Å². The van der Waals surface area contributed by atoms with Gasteiger partial charge in [0.15, 0.2) is 9.84 Å². The zero-order valence-corrected chi connectivity index (χ0v) is 18.0. The Hall–Kier alpha value is -1.19. The Labute approximate surface area is 173 Å². The van der Waals surface area contributed by atoms with Crippen LogP contribution in [-0.2, 0) is 19.4 Å². The molecule has 2 heterocycles. The van der Waals surface area contributed by atoms with Crippen LogP contribution in [0.3, 0.4) is 0 Å². The van der Waals surface area contributed by atoms with Gasteiger partial charge in [-0.25, -0.2) is 8.42 Å². The first kappa shape index (κ1) is 21.1. The number of rotatable bonds is 7. The van der Waals surface area contributed by atoms with Gasteiger partial charge in [-0.3, -0.25) is 19.4 Å². The minimum atomic E-state index is -3.01. The standard InChI is InChI=1S/C20H34N4O4S/c25-19(21-16-5-6-16)13-22-8-10-23(11-9-22)14-20(26)24(17-3-1-2-4-17)18-7-12-29(27,28)15-18/h16-18H,1-15H2,(H,21,25)/t18-/m0/s1. The van der Waals surface area contributed by atoms with Gasteiger partial charge in [-0.1, -0.05) is 12.8 Å². The Morgan fingerprint density at radius 2 is 1.48 bits per heavy atom. The van der Waals surface area contributed by atoms with Gasteiger partial charge < -0.3 is 10.2 Å². The summed E-state index contributed by atoms with van der Waals surface area (Å²) in [6.07, 6.45) is 7.00. The summed E-state index contributed by atoms with van der Waals surface area (Å²) in [6, 6.07) is 0.443. The van der Waals surface area contributed by atoms with E-state index in [0.29, 0.717) is 25.6 Å². The molecule has 1 N–H and O–H groups in total. The normalized spacial score (nSPS) is 28.5. The predicted octanol–water partition coefficient (Wildman–Crippen LogP) is -0.159. The van der Waals surface area contributed by atoms with Crippen LogP contribution in [0.2, 0.25) is 0 Å². The lowest BCUT2D eigenvalue weighted by Crippen LogP contribution is -2.54. The number of hydrogen-bond acceptors (Lipinski definition) is 6. The zero-order chi connectivity index (χ0) is 20.4. The quantitative estimate of drug-likeness (QED) is 0.609. The molecule has 2 amide bonds. The second kappa shape index (κ2) is 8.89. The van der Waals surface area contributed by atoms with Crippen molar-refractivity contribution in [3.63, 3.8) is 0 Å². The summed E-state index contributed by atoms with van der Waals surface area (Å²) in [7, 11) is -3.01. The number of hydrogen-bond donors (Lipinski definition) is 1. The molecule has 0 bridgehead atoms. The monoisotopic (exact) mass is 426 g/mol. The summed E-state index contributed by atoms with van der Waals surface area (Å²) in [4.78, 5) is 31.4. The van der Waals surface area contributed by atoms with Crippen LogP contribution in [-0.4, -0.2) is 104 Å². The summed E-state index contributed by atoms with van der Waals surface area (Å²) in [5.41, 5.74) is 0. The summed E-state index contributed by atoms with van der Waals surface area (Å²) < 4.78 is 24.0. The van der Waals surface area contributed by atoms with Crippen LogP contribution in [0.15, 0.2) is 0 Å². The zero-order valence-electron chi connectivity index (χ0n) is 17.2. The van der Waals surface area contributed by atoms with Crippen molar-refractivity contribution < 1.29 is 18.0 Å². The van der Waals surface area contributed by atoms with E-state index in [1.807, 2.05) is 4.90 Å². The topological polar surface area (TPSA) is 90.0 Å². The Balaban J connectivity index is 1.28. The number of piperazine rings is 1. The van der Waals surface area contributed by atoms with E-state index in [-0.39, 0.29) is 35.4 Å². The molecule has 4 rings (SSSR count). The van der Waals surface area contributed by atoms with E-state index < -0.39 is 9.84 Å². The smallest absolute Gasteiger partial charge is 0.237 e. The van der Waals surface area contributed by atoms with E-state index in [2.05, 4.69) is 15.1 Å². The van der Waals surface area contributed by atoms with Gasteiger partial charge in [0, 0.05) is 44.3 Å². The second-order valence-corrected chi connectivity index (χ2v) is 11.4. The minimum Gasteiger partial charge on any atom is -0.352 e. The van der Waals surface area contributed by atoms with E-state index in [0.717, 1.165) is 64.7 Å². The first-order valence-corrected chi connectivity index (χ1v) is 13.0. The van der Waals surface area contributed by atoms with E-state index in [4.69, 9.17) is 0 Å². The molecule has 4 aliphatic rings. The number of amides is 2. The molecule has 0 aromatic heterocycles. The average Bonchev–Trinajstić information content (AvgIpc) is 3.17. The molecule has 2 saturated carbocycles. The van der Waals surface area contributed by atoms with Gasteiger partial charge in [-0.05, 0) is 32.1 Å². The van der Waals surface area contributed by atoms with Crippen molar-refractivity contribution in [1.29, 1.82) is 0 Å². The summed E-state index contributed by atoms with van der Waals surface area (Å²) in [6.45, 7) is 3.90. The van der Waals surface area contributed by atoms with Crippen LogP contribution in [0, 0.1) is 0 Å². The molecule has 0 aromatic carbocycles. The van der Waals surface area contributed by atoms with Gasteiger partial charge in [-0.2, -0.15) is 0 Å². The number of carbonyl (C=O) groups is 2. The Bertz CT molecular complexity index is 710. The lowest BCUT2D eigenvalue weighted by Gasteiger charge is -2.38. The fraction of sp³-hybridized carbons (Fsp3) is 0.900. The molecule has 1 atom stereocenters. The molecule has 164 valence electrons. The maximum absolute atomic E-state index is 13.2. The SMILES string of the molecule is O=C(CN1CCN(CC(=O)N(C2CCCC2)[C@H]2CCS(=O)(=O)C2)CC1)NC1CC1. The van der Waals surface area contributed by atoms with Gasteiger partial charge in [0.05, 0.1) is 24.6 Å². The Morgan fingerprint density at radius 1 is 0.862 bits per heavy atom. The van der Waals surface area contributed by atoms with Gasteiger partial charge in [0.2, 0.25) is 11.8 Å². The second-order valence-electron chi connectivity index (χ2n) is 9.19. The predicted molar refractivity (Wildman–Crippen MR) is 110 cm³/mol. The molecule has 2 saturated heterocycles. The Kier molecular flexibility index (Phi) is 6.46. The van der Waals surface area contributed by atoms with Crippen molar-refractivity contribution in [2.75, 3.05) is 50.8 Å². The number of sulfone groups is 1. The first-order valence-electron chi connectivity index (χ1n) is 11.2. The Morgan fingerprint density at radius 3 is 2.03 bits per heavy atom. The lowest BCUT2D eigenvalue weighted by molar-refractivity contribution is -0.137. The molecular weight excluding hydrogens is 392 g/mol. The van der Waals surface area contributed by atoms with Gasteiger partial charge in [0.1, 0.15) is 0 Å². The van der Waals surface area contributed by atoms with Crippen LogP contribution in [0.4, 0.5) is 0 Å². The highest BCUT2D eigenvalue weighted by Crippen LogP contribution is 2.29. The first-order chi connectivity index (χ1) is 13.9. The summed E-state index contributed by atoms with van der Waals surface area (Å²) >= 11 is 0. The highest BCUT2D eigenvalue weighted by Gasteiger charge is 2.39. The number of nitrogens with one attached hydrogen (secondary N) is 1.